The molecule has 5 rings (SSSR count). The summed E-state index contributed by atoms with van der Waals surface area (Å²) in [6.45, 7) is 3.71. The van der Waals surface area contributed by atoms with Gasteiger partial charge in [-0.05, 0) is 78.9 Å². The predicted molar refractivity (Wildman–Crippen MR) is 122 cm³/mol. The molecule has 0 aromatic carbocycles. The van der Waals surface area contributed by atoms with Crippen LogP contribution in [0.1, 0.15) is 73.5 Å². The van der Waals surface area contributed by atoms with Gasteiger partial charge in [0.15, 0.2) is 5.82 Å². The first kappa shape index (κ1) is 21.8. The van der Waals surface area contributed by atoms with Gasteiger partial charge in [-0.3, -0.25) is 9.48 Å². The summed E-state index contributed by atoms with van der Waals surface area (Å²) in [6.07, 6.45) is 5.47. The quantitative estimate of drug-likeness (QED) is 0.536. The molecule has 2 aromatic rings. The van der Waals surface area contributed by atoms with E-state index in [1.165, 1.54) is 12.8 Å². The minimum absolute atomic E-state index is 0.0618. The molecule has 0 unspecified atom stereocenters. The maximum absolute atomic E-state index is 13.5. The fourth-order valence-corrected chi connectivity index (χ4v) is 5.38. The molecule has 32 heavy (non-hydrogen) atoms. The lowest BCUT2D eigenvalue weighted by Crippen LogP contribution is -2.36. The van der Waals surface area contributed by atoms with E-state index in [4.69, 9.17) is 0 Å². The topological polar surface area (TPSA) is 63.1 Å². The Morgan fingerprint density at radius 3 is 2.47 bits per heavy atom. The van der Waals surface area contributed by atoms with Crippen LogP contribution in [-0.2, 0) is 0 Å². The summed E-state index contributed by atoms with van der Waals surface area (Å²) in [4.78, 5) is 20.0. The lowest BCUT2D eigenvalue weighted by atomic mass is 9.92. The van der Waals surface area contributed by atoms with Crippen molar-refractivity contribution in [1.82, 2.24) is 14.8 Å². The van der Waals surface area contributed by atoms with Crippen molar-refractivity contribution in [2.24, 2.45) is 5.41 Å². The van der Waals surface area contributed by atoms with Crippen molar-refractivity contribution in [2.75, 3.05) is 23.3 Å². The van der Waals surface area contributed by atoms with Gasteiger partial charge in [-0.2, -0.15) is 5.10 Å². The summed E-state index contributed by atoms with van der Waals surface area (Å²) in [7, 11) is 0. The monoisotopic (exact) mass is 507 g/mol. The largest absolute Gasteiger partial charge is 0.356 e. The van der Waals surface area contributed by atoms with Gasteiger partial charge in [0.05, 0.1) is 11.6 Å². The number of anilines is 2. The maximum atomic E-state index is 13.5. The highest BCUT2D eigenvalue weighted by atomic mass is 79.9. The van der Waals surface area contributed by atoms with Gasteiger partial charge in [-0.25, -0.2) is 13.8 Å². The lowest BCUT2D eigenvalue weighted by Gasteiger charge is -2.33. The number of alkyl halides is 2. The molecule has 1 N–H and O–H groups in total. The molecule has 0 radical (unpaired) electrons. The highest BCUT2D eigenvalue weighted by Crippen LogP contribution is 2.54. The number of rotatable bonds is 4. The molecule has 1 spiro atoms. The molecule has 3 heterocycles. The van der Waals surface area contributed by atoms with Crippen LogP contribution in [0.5, 0.6) is 0 Å². The number of amides is 1. The fraction of sp³-hybridized carbons (Fsp3) is 0.609. The van der Waals surface area contributed by atoms with Crippen molar-refractivity contribution in [1.29, 1.82) is 0 Å². The molecule has 3 aliphatic rings. The molecule has 6 nitrogen and oxygen atoms in total. The fourth-order valence-electron chi connectivity index (χ4n) is 5.08. The Morgan fingerprint density at radius 2 is 1.81 bits per heavy atom. The normalized spacial score (nSPS) is 22.2. The first-order valence-electron chi connectivity index (χ1n) is 11.4. The number of hydrogen-bond donors (Lipinski definition) is 1. The molecule has 1 saturated heterocycles. The van der Waals surface area contributed by atoms with E-state index in [1.807, 2.05) is 6.92 Å². The number of carbonyl (C=O) groups is 1. The number of aromatic nitrogens is 3. The summed E-state index contributed by atoms with van der Waals surface area (Å²) in [5.41, 5.74) is 1.91. The van der Waals surface area contributed by atoms with Crippen molar-refractivity contribution in [3.8, 4) is 0 Å². The molecule has 3 fully saturated rings. The van der Waals surface area contributed by atoms with E-state index >= 15 is 0 Å². The third-order valence-corrected chi connectivity index (χ3v) is 7.80. The molecule has 2 saturated carbocycles. The van der Waals surface area contributed by atoms with E-state index < -0.39 is 5.92 Å². The average Bonchev–Trinajstić information content (AvgIpc) is 3.41. The summed E-state index contributed by atoms with van der Waals surface area (Å²) >= 11 is 3.44. The Hall–Kier alpha value is -2.03. The van der Waals surface area contributed by atoms with Gasteiger partial charge in [-0.1, -0.05) is 0 Å². The number of aryl methyl sites for hydroxylation is 1. The molecule has 2 aromatic heterocycles. The minimum atomic E-state index is -2.58. The van der Waals surface area contributed by atoms with Gasteiger partial charge in [-0.15, -0.1) is 0 Å². The average molecular weight is 508 g/mol. The van der Waals surface area contributed by atoms with Crippen LogP contribution < -0.4 is 10.2 Å². The first-order chi connectivity index (χ1) is 15.2. The number of halogens is 3. The van der Waals surface area contributed by atoms with Crippen molar-refractivity contribution in [3.63, 3.8) is 0 Å². The van der Waals surface area contributed by atoms with Crippen LogP contribution in [0.3, 0.4) is 0 Å². The second-order valence-corrected chi connectivity index (χ2v) is 10.5. The van der Waals surface area contributed by atoms with Gasteiger partial charge in [0.1, 0.15) is 10.4 Å². The summed E-state index contributed by atoms with van der Waals surface area (Å²) < 4.78 is 29.5. The number of nitrogens with zero attached hydrogens (tertiary/aromatic N) is 4. The van der Waals surface area contributed by atoms with E-state index in [0.29, 0.717) is 40.1 Å². The SMILES string of the molecule is Cc1cc(NC(=O)c2ccc(Br)nc2N2CCC3(CC2)CC3)nn1C1CCC(F)(F)CC1. The standard InChI is InChI=1S/C23H28BrF2N5O/c1-15-14-19(29-31(15)16-4-6-23(25,26)7-5-16)28-21(32)17-2-3-18(24)27-20(17)30-12-10-22(8-9-22)11-13-30/h2-3,14,16H,4-13H2,1H3,(H,28,29,32). The van der Waals surface area contributed by atoms with E-state index in [0.717, 1.165) is 31.6 Å². The maximum Gasteiger partial charge on any atom is 0.260 e. The Bertz CT molecular complexity index is 1020. The van der Waals surface area contributed by atoms with Crippen molar-refractivity contribution >= 4 is 33.5 Å². The third-order valence-electron chi connectivity index (χ3n) is 7.36. The van der Waals surface area contributed by atoms with Crippen LogP contribution in [-0.4, -0.2) is 39.7 Å². The van der Waals surface area contributed by atoms with Crippen molar-refractivity contribution in [2.45, 2.75) is 70.3 Å². The van der Waals surface area contributed by atoms with Gasteiger partial charge in [0.2, 0.25) is 5.92 Å². The molecule has 1 aliphatic heterocycles. The number of nitrogens with one attached hydrogen (secondary N) is 1. The number of carbonyl (C=O) groups excluding carboxylic acids is 1. The van der Waals surface area contributed by atoms with Crippen LogP contribution in [0.2, 0.25) is 0 Å². The van der Waals surface area contributed by atoms with E-state index in [1.54, 1.807) is 22.9 Å². The summed E-state index contributed by atoms with van der Waals surface area (Å²) in [6, 6.07) is 5.30. The molecule has 172 valence electrons. The van der Waals surface area contributed by atoms with Crippen molar-refractivity contribution < 1.29 is 13.6 Å². The number of hydrogen-bond acceptors (Lipinski definition) is 4. The predicted octanol–water partition coefficient (Wildman–Crippen LogP) is 5.73. The van der Waals surface area contributed by atoms with Crippen LogP contribution in [0.4, 0.5) is 20.4 Å². The molecular weight excluding hydrogens is 480 g/mol. The Morgan fingerprint density at radius 1 is 1.12 bits per heavy atom. The highest BCUT2D eigenvalue weighted by molar-refractivity contribution is 9.10. The van der Waals surface area contributed by atoms with Crippen LogP contribution in [0, 0.1) is 12.3 Å². The first-order valence-corrected chi connectivity index (χ1v) is 12.2. The zero-order valence-electron chi connectivity index (χ0n) is 18.2. The third kappa shape index (κ3) is 4.40. The van der Waals surface area contributed by atoms with Crippen LogP contribution in [0.25, 0.3) is 0 Å². The summed E-state index contributed by atoms with van der Waals surface area (Å²) in [5.74, 6) is -1.70. The zero-order chi connectivity index (χ0) is 22.5. The van der Waals surface area contributed by atoms with Crippen molar-refractivity contribution in [3.05, 3.63) is 34.1 Å². The van der Waals surface area contributed by atoms with Gasteiger partial charge < -0.3 is 10.2 Å². The van der Waals surface area contributed by atoms with Gasteiger partial charge >= 0.3 is 0 Å². The lowest BCUT2D eigenvalue weighted by molar-refractivity contribution is -0.0451. The van der Waals surface area contributed by atoms with Crippen LogP contribution in [0.15, 0.2) is 22.8 Å². The second kappa shape index (κ2) is 8.08. The Labute approximate surface area is 194 Å². The molecule has 9 heteroatoms. The van der Waals surface area contributed by atoms with E-state index in [9.17, 15) is 13.6 Å². The Kier molecular flexibility index (Phi) is 5.50. The molecule has 1 amide bonds. The van der Waals surface area contributed by atoms with E-state index in [2.05, 4.69) is 36.2 Å². The molecule has 0 bridgehead atoms. The van der Waals surface area contributed by atoms with E-state index in [-0.39, 0.29) is 24.8 Å². The minimum Gasteiger partial charge on any atom is -0.356 e. The van der Waals surface area contributed by atoms with Crippen LogP contribution >= 0.6 is 15.9 Å². The highest BCUT2D eigenvalue weighted by Gasteiger charge is 2.45. The van der Waals surface area contributed by atoms with Gasteiger partial charge in [0, 0.05) is 37.7 Å². The zero-order valence-corrected chi connectivity index (χ0v) is 19.8. The number of pyridine rings is 1. The molecule has 2 aliphatic carbocycles. The Balaban J connectivity index is 1.31. The second-order valence-electron chi connectivity index (χ2n) is 9.65. The van der Waals surface area contributed by atoms with Gasteiger partial charge in [0.25, 0.3) is 5.91 Å². The smallest absolute Gasteiger partial charge is 0.260 e. The number of piperidine rings is 1. The molecular formula is C23H28BrF2N5O. The summed E-state index contributed by atoms with van der Waals surface area (Å²) in [5, 5.41) is 7.43. The molecule has 0 atom stereocenters.